The van der Waals surface area contributed by atoms with E-state index in [1.165, 1.54) is 7.11 Å². The number of ether oxygens (including phenoxy) is 1. The molecule has 1 aliphatic rings. The second kappa shape index (κ2) is 6.15. The molecule has 5 nitrogen and oxygen atoms in total. The van der Waals surface area contributed by atoms with Crippen molar-refractivity contribution in [1.82, 2.24) is 10.2 Å². The molecule has 1 amide bonds. The lowest BCUT2D eigenvalue weighted by Crippen LogP contribution is -2.38. The van der Waals surface area contributed by atoms with Crippen LogP contribution < -0.4 is 5.32 Å². The molecule has 0 bridgehead atoms. The molecule has 0 aromatic carbocycles. The summed E-state index contributed by atoms with van der Waals surface area (Å²) in [6, 6.07) is 0.111. The van der Waals surface area contributed by atoms with E-state index in [0.29, 0.717) is 6.54 Å². The maximum atomic E-state index is 10.9. The molecule has 15 heavy (non-hydrogen) atoms. The monoisotopic (exact) mass is 236 g/mol. The highest BCUT2D eigenvalue weighted by Crippen LogP contribution is 2.10. The Morgan fingerprint density at radius 2 is 2.53 bits per heavy atom. The van der Waals surface area contributed by atoms with Crippen molar-refractivity contribution < 1.29 is 14.6 Å². The molecule has 2 unspecified atom stereocenters. The van der Waals surface area contributed by atoms with E-state index in [9.17, 15) is 9.90 Å². The van der Waals surface area contributed by atoms with Crippen LogP contribution in [0.1, 0.15) is 6.42 Å². The Balaban J connectivity index is 2.23. The summed E-state index contributed by atoms with van der Waals surface area (Å²) in [6.45, 7) is 2.16. The SMILES string of the molecule is COC(=O)NC1CCN(CC(O)CCl)C1. The number of hydrogen-bond acceptors (Lipinski definition) is 4. The molecule has 1 aliphatic heterocycles. The van der Waals surface area contributed by atoms with Crippen LogP contribution in [0, 0.1) is 0 Å². The van der Waals surface area contributed by atoms with E-state index in [2.05, 4.69) is 15.0 Å². The minimum absolute atomic E-state index is 0.111. The predicted octanol–water partition coefficient (Wildman–Crippen LogP) is 0.0164. The molecule has 0 spiro atoms. The molecule has 1 rings (SSSR count). The van der Waals surface area contributed by atoms with Crippen LogP contribution in [-0.4, -0.2) is 60.9 Å². The number of β-amino-alcohol motifs (C(OH)–C–C–N with tert-alkyl or cyclic N) is 1. The number of methoxy groups -OCH3 is 1. The number of rotatable bonds is 4. The van der Waals surface area contributed by atoms with Crippen molar-refractivity contribution >= 4 is 17.7 Å². The van der Waals surface area contributed by atoms with Gasteiger partial charge in [0.15, 0.2) is 0 Å². The van der Waals surface area contributed by atoms with Crippen molar-refractivity contribution in [1.29, 1.82) is 0 Å². The van der Waals surface area contributed by atoms with Crippen LogP contribution in [0.15, 0.2) is 0 Å². The molecule has 6 heteroatoms. The summed E-state index contributed by atoms with van der Waals surface area (Å²) in [7, 11) is 1.35. The van der Waals surface area contributed by atoms with Crippen molar-refractivity contribution in [3.05, 3.63) is 0 Å². The van der Waals surface area contributed by atoms with Gasteiger partial charge in [0.25, 0.3) is 0 Å². The Morgan fingerprint density at radius 1 is 1.80 bits per heavy atom. The molecule has 2 atom stereocenters. The quantitative estimate of drug-likeness (QED) is 0.676. The van der Waals surface area contributed by atoms with Gasteiger partial charge in [-0.1, -0.05) is 0 Å². The summed E-state index contributed by atoms with van der Waals surface area (Å²) in [5.41, 5.74) is 0. The summed E-state index contributed by atoms with van der Waals surface area (Å²) in [5.74, 6) is 0.242. The third kappa shape index (κ3) is 4.24. The van der Waals surface area contributed by atoms with Crippen LogP contribution in [0.2, 0.25) is 0 Å². The van der Waals surface area contributed by atoms with Crippen molar-refractivity contribution in [3.63, 3.8) is 0 Å². The summed E-state index contributed by atoms with van der Waals surface area (Å²) in [6.07, 6.45) is -0.0207. The first kappa shape index (κ1) is 12.5. The number of carbonyl (C=O) groups excluding carboxylic acids is 1. The van der Waals surface area contributed by atoms with Crippen LogP contribution in [-0.2, 0) is 4.74 Å². The van der Waals surface area contributed by atoms with Crippen molar-refractivity contribution in [3.8, 4) is 0 Å². The fourth-order valence-corrected chi connectivity index (χ4v) is 1.79. The van der Waals surface area contributed by atoms with E-state index < -0.39 is 12.2 Å². The second-order valence-electron chi connectivity index (χ2n) is 3.69. The number of alkyl halides is 1. The first-order valence-corrected chi connectivity index (χ1v) is 5.50. The molecule has 1 saturated heterocycles. The van der Waals surface area contributed by atoms with Crippen LogP contribution in [0.4, 0.5) is 4.79 Å². The van der Waals surface area contributed by atoms with Crippen LogP contribution in [0.25, 0.3) is 0 Å². The van der Waals surface area contributed by atoms with Gasteiger partial charge in [0.2, 0.25) is 0 Å². The Labute approximate surface area is 94.3 Å². The largest absolute Gasteiger partial charge is 0.453 e. The number of carbonyl (C=O) groups is 1. The summed E-state index contributed by atoms with van der Waals surface area (Å²) < 4.78 is 4.51. The van der Waals surface area contributed by atoms with Crippen LogP contribution in [0.5, 0.6) is 0 Å². The van der Waals surface area contributed by atoms with E-state index in [-0.39, 0.29) is 11.9 Å². The number of nitrogens with zero attached hydrogens (tertiary/aromatic N) is 1. The minimum Gasteiger partial charge on any atom is -0.453 e. The van der Waals surface area contributed by atoms with Gasteiger partial charge in [-0.3, -0.25) is 4.90 Å². The number of nitrogens with one attached hydrogen (secondary N) is 1. The first-order chi connectivity index (χ1) is 7.15. The van der Waals surface area contributed by atoms with Gasteiger partial charge >= 0.3 is 6.09 Å². The Hall–Kier alpha value is -0.520. The number of alkyl carbamates (subject to hydrolysis) is 1. The van der Waals surface area contributed by atoms with Gasteiger partial charge in [-0.15, -0.1) is 11.6 Å². The molecule has 88 valence electrons. The average Bonchev–Trinajstić information content (AvgIpc) is 2.65. The zero-order chi connectivity index (χ0) is 11.3. The molecule has 0 aromatic heterocycles. The fraction of sp³-hybridized carbons (Fsp3) is 0.889. The Kier molecular flexibility index (Phi) is 5.14. The summed E-state index contributed by atoms with van der Waals surface area (Å²) in [4.78, 5) is 13.0. The van der Waals surface area contributed by atoms with Gasteiger partial charge in [0.05, 0.1) is 13.2 Å². The van der Waals surface area contributed by atoms with Crippen LogP contribution in [0.3, 0.4) is 0 Å². The van der Waals surface area contributed by atoms with Gasteiger partial charge in [-0.05, 0) is 6.42 Å². The molecule has 1 fully saturated rings. The number of amides is 1. The van der Waals surface area contributed by atoms with Gasteiger partial charge < -0.3 is 15.2 Å². The Bertz CT molecular complexity index is 216. The molecule has 0 aliphatic carbocycles. The number of aliphatic hydroxyl groups excluding tert-OH is 1. The molecular weight excluding hydrogens is 220 g/mol. The molecule has 2 N–H and O–H groups in total. The topological polar surface area (TPSA) is 61.8 Å². The normalized spacial score (nSPS) is 23.8. The van der Waals surface area contributed by atoms with Gasteiger partial charge in [-0.25, -0.2) is 4.79 Å². The number of aliphatic hydroxyl groups is 1. The van der Waals surface area contributed by atoms with Crippen LogP contribution >= 0.6 is 11.6 Å². The second-order valence-corrected chi connectivity index (χ2v) is 4.00. The molecule has 1 heterocycles. The third-order valence-electron chi connectivity index (χ3n) is 2.43. The van der Waals surface area contributed by atoms with Crippen molar-refractivity contribution in [2.24, 2.45) is 0 Å². The average molecular weight is 237 g/mol. The van der Waals surface area contributed by atoms with E-state index in [0.717, 1.165) is 19.5 Å². The lowest BCUT2D eigenvalue weighted by molar-refractivity contribution is 0.141. The summed E-state index contributed by atoms with van der Waals surface area (Å²) >= 11 is 5.51. The standard InChI is InChI=1S/C9H17ClN2O3/c1-15-9(14)11-7-2-3-12(5-7)6-8(13)4-10/h7-8,13H,2-6H2,1H3,(H,11,14). The van der Waals surface area contributed by atoms with Gasteiger partial charge in [-0.2, -0.15) is 0 Å². The van der Waals surface area contributed by atoms with Gasteiger partial charge in [0, 0.05) is 31.6 Å². The smallest absolute Gasteiger partial charge is 0.407 e. The third-order valence-corrected chi connectivity index (χ3v) is 2.78. The van der Waals surface area contributed by atoms with E-state index in [4.69, 9.17) is 11.6 Å². The van der Waals surface area contributed by atoms with Gasteiger partial charge in [0.1, 0.15) is 0 Å². The Morgan fingerprint density at radius 3 is 3.13 bits per heavy atom. The lowest BCUT2D eigenvalue weighted by atomic mass is 10.3. The zero-order valence-corrected chi connectivity index (χ0v) is 9.54. The fourth-order valence-electron chi connectivity index (χ4n) is 1.69. The van der Waals surface area contributed by atoms with E-state index >= 15 is 0 Å². The number of halogens is 1. The predicted molar refractivity (Wildman–Crippen MR) is 57.1 cm³/mol. The molecular formula is C9H17ClN2O3. The number of hydrogen-bond donors (Lipinski definition) is 2. The number of likely N-dealkylation sites (tertiary alicyclic amines) is 1. The maximum Gasteiger partial charge on any atom is 0.407 e. The molecule has 0 radical (unpaired) electrons. The van der Waals surface area contributed by atoms with Crippen molar-refractivity contribution in [2.75, 3.05) is 32.6 Å². The highest BCUT2D eigenvalue weighted by atomic mass is 35.5. The highest BCUT2D eigenvalue weighted by molar-refractivity contribution is 6.18. The zero-order valence-electron chi connectivity index (χ0n) is 8.78. The maximum absolute atomic E-state index is 10.9. The molecule has 0 aromatic rings. The summed E-state index contributed by atoms with van der Waals surface area (Å²) in [5, 5.41) is 12.1. The first-order valence-electron chi connectivity index (χ1n) is 4.96. The highest BCUT2D eigenvalue weighted by Gasteiger charge is 2.25. The van der Waals surface area contributed by atoms with E-state index in [1.807, 2.05) is 0 Å². The minimum atomic E-state index is -0.497. The van der Waals surface area contributed by atoms with E-state index in [1.54, 1.807) is 0 Å². The lowest BCUT2D eigenvalue weighted by Gasteiger charge is -2.18. The van der Waals surface area contributed by atoms with Crippen molar-refractivity contribution in [2.45, 2.75) is 18.6 Å². The molecule has 0 saturated carbocycles.